The highest BCUT2D eigenvalue weighted by atomic mass is 35.5. The lowest BCUT2D eigenvalue weighted by atomic mass is 10.2. The number of benzene rings is 1. The number of halogens is 1. The maximum absolute atomic E-state index is 8.72. The quantitative estimate of drug-likeness (QED) is 0.752. The van der Waals surface area contributed by atoms with Crippen LogP contribution in [-0.4, -0.2) is 18.8 Å². The van der Waals surface area contributed by atoms with Crippen molar-refractivity contribution < 1.29 is 0 Å². The van der Waals surface area contributed by atoms with E-state index in [1.807, 2.05) is 25.2 Å². The molecule has 4 heteroatoms. The molecule has 78 valence electrons. The molecular weight excluding hydrogens is 228 g/mol. The molecule has 0 aliphatic carbocycles. The largest absolute Gasteiger partial charge is 0.369 e. The maximum atomic E-state index is 8.72. The number of nitrogens with zero attached hydrogens (tertiary/aromatic N) is 2. The van der Waals surface area contributed by atoms with Crippen LogP contribution in [0.1, 0.15) is 6.42 Å². The fourth-order valence-electron chi connectivity index (χ4n) is 1.69. The van der Waals surface area contributed by atoms with Crippen LogP contribution < -0.4 is 4.90 Å². The number of rotatable bonds is 1. The zero-order valence-corrected chi connectivity index (χ0v) is 9.98. The molecule has 0 radical (unpaired) electrons. The van der Waals surface area contributed by atoms with Crippen LogP contribution in [0.3, 0.4) is 0 Å². The van der Waals surface area contributed by atoms with E-state index in [1.54, 1.807) is 11.8 Å². The van der Waals surface area contributed by atoms with Crippen molar-refractivity contribution in [1.29, 1.82) is 5.26 Å². The first kappa shape index (κ1) is 10.7. The van der Waals surface area contributed by atoms with E-state index in [4.69, 9.17) is 16.9 Å². The average Bonchev–Trinajstić information content (AvgIpc) is 2.22. The van der Waals surface area contributed by atoms with Crippen LogP contribution in [0.5, 0.6) is 0 Å². The van der Waals surface area contributed by atoms with Gasteiger partial charge in [-0.15, -0.1) is 11.8 Å². The second-order valence-corrected chi connectivity index (χ2v) is 5.05. The molecule has 0 amide bonds. The van der Waals surface area contributed by atoms with Gasteiger partial charge in [0.15, 0.2) is 0 Å². The predicted octanol–water partition coefficient (Wildman–Crippen LogP) is 3.16. The van der Waals surface area contributed by atoms with E-state index < -0.39 is 0 Å². The third-order valence-electron chi connectivity index (χ3n) is 2.61. The molecule has 15 heavy (non-hydrogen) atoms. The first-order valence-corrected chi connectivity index (χ1v) is 6.11. The molecule has 0 bridgehead atoms. The number of hydrogen-bond acceptors (Lipinski definition) is 3. The topological polar surface area (TPSA) is 27.0 Å². The second-order valence-electron chi connectivity index (χ2n) is 3.55. The summed E-state index contributed by atoms with van der Waals surface area (Å²) >= 11 is 7.72. The van der Waals surface area contributed by atoms with E-state index in [0.29, 0.717) is 12.5 Å². The van der Waals surface area contributed by atoms with Crippen molar-refractivity contribution in [2.45, 2.75) is 17.4 Å². The first-order chi connectivity index (χ1) is 7.22. The summed E-state index contributed by atoms with van der Waals surface area (Å²) in [7, 11) is 2.04. The van der Waals surface area contributed by atoms with Crippen LogP contribution in [0.25, 0.3) is 0 Å². The lowest BCUT2D eigenvalue weighted by Crippen LogP contribution is -2.36. The van der Waals surface area contributed by atoms with Gasteiger partial charge in [0.05, 0.1) is 24.2 Å². The Hall–Kier alpha value is -0.850. The predicted molar refractivity (Wildman–Crippen MR) is 64.6 cm³/mol. The Kier molecular flexibility index (Phi) is 3.08. The van der Waals surface area contributed by atoms with Crippen molar-refractivity contribution in [2.24, 2.45) is 0 Å². The summed E-state index contributed by atoms with van der Waals surface area (Å²) in [5, 5.41) is 9.49. The van der Waals surface area contributed by atoms with Gasteiger partial charge in [-0.3, -0.25) is 0 Å². The highest BCUT2D eigenvalue weighted by Gasteiger charge is 2.23. The Morgan fingerprint density at radius 3 is 3.20 bits per heavy atom. The fourth-order valence-corrected chi connectivity index (χ4v) is 3.21. The average molecular weight is 239 g/mol. The van der Waals surface area contributed by atoms with Crippen LogP contribution in [0.2, 0.25) is 5.02 Å². The number of thioether (sulfide) groups is 1. The maximum Gasteiger partial charge on any atom is 0.0643 e. The Bertz CT molecular complexity index is 414. The Labute approximate surface area is 98.8 Å². The minimum absolute atomic E-state index is 0.314. The SMILES string of the molecule is CN1c2ccc(Cl)cc2SCC1CC#N. The molecule has 0 fully saturated rings. The summed E-state index contributed by atoms with van der Waals surface area (Å²) in [6.07, 6.45) is 0.575. The zero-order valence-electron chi connectivity index (χ0n) is 8.40. The highest BCUT2D eigenvalue weighted by molar-refractivity contribution is 7.99. The summed E-state index contributed by atoms with van der Waals surface area (Å²) in [6, 6.07) is 8.45. The van der Waals surface area contributed by atoms with E-state index in [9.17, 15) is 0 Å². The standard InChI is InChI=1S/C11H11ClN2S/c1-14-9(4-5-13)7-15-11-6-8(12)2-3-10(11)14/h2-3,6,9H,4,7H2,1H3. The minimum atomic E-state index is 0.314. The molecule has 1 aromatic carbocycles. The molecule has 1 unspecified atom stereocenters. The molecule has 0 spiro atoms. The summed E-state index contributed by atoms with van der Waals surface area (Å²) in [6.45, 7) is 0. The van der Waals surface area contributed by atoms with E-state index in [1.165, 1.54) is 10.6 Å². The van der Waals surface area contributed by atoms with E-state index in [-0.39, 0.29) is 0 Å². The Balaban J connectivity index is 2.31. The van der Waals surface area contributed by atoms with Crippen molar-refractivity contribution in [1.82, 2.24) is 0 Å². The minimum Gasteiger partial charge on any atom is -0.369 e. The third-order valence-corrected chi connectivity index (χ3v) is 4.03. The van der Waals surface area contributed by atoms with Gasteiger partial charge in [-0.1, -0.05) is 11.6 Å². The Morgan fingerprint density at radius 1 is 1.67 bits per heavy atom. The summed E-state index contributed by atoms with van der Waals surface area (Å²) < 4.78 is 0. The number of hydrogen-bond donors (Lipinski definition) is 0. The first-order valence-electron chi connectivity index (χ1n) is 4.74. The Morgan fingerprint density at radius 2 is 2.47 bits per heavy atom. The molecule has 1 aliphatic rings. The normalized spacial score (nSPS) is 19.5. The van der Waals surface area contributed by atoms with Crippen LogP contribution in [-0.2, 0) is 0 Å². The van der Waals surface area contributed by atoms with Crippen molar-refractivity contribution in [3.8, 4) is 6.07 Å². The van der Waals surface area contributed by atoms with Gasteiger partial charge in [-0.2, -0.15) is 5.26 Å². The van der Waals surface area contributed by atoms with Crippen LogP contribution in [0.4, 0.5) is 5.69 Å². The monoisotopic (exact) mass is 238 g/mol. The molecule has 1 heterocycles. The highest BCUT2D eigenvalue weighted by Crippen LogP contribution is 2.38. The third kappa shape index (κ3) is 2.06. The number of nitriles is 1. The van der Waals surface area contributed by atoms with E-state index in [2.05, 4.69) is 11.0 Å². The molecule has 0 N–H and O–H groups in total. The molecule has 0 saturated heterocycles. The van der Waals surface area contributed by atoms with Gasteiger partial charge < -0.3 is 4.90 Å². The second kappa shape index (κ2) is 4.34. The lowest BCUT2D eigenvalue weighted by Gasteiger charge is -2.34. The molecular formula is C11H11ClN2S. The zero-order chi connectivity index (χ0) is 10.8. The summed E-state index contributed by atoms with van der Waals surface area (Å²) in [4.78, 5) is 3.38. The molecule has 1 aliphatic heterocycles. The molecule has 2 nitrogen and oxygen atoms in total. The fraction of sp³-hybridized carbons (Fsp3) is 0.364. The number of fused-ring (bicyclic) bond motifs is 1. The van der Waals surface area contributed by atoms with Gasteiger partial charge in [0.25, 0.3) is 0 Å². The van der Waals surface area contributed by atoms with Gasteiger partial charge in [0, 0.05) is 22.7 Å². The van der Waals surface area contributed by atoms with Crippen molar-refractivity contribution in [3.63, 3.8) is 0 Å². The van der Waals surface area contributed by atoms with Crippen LogP contribution >= 0.6 is 23.4 Å². The van der Waals surface area contributed by atoms with Gasteiger partial charge in [-0.25, -0.2) is 0 Å². The van der Waals surface area contributed by atoms with E-state index in [0.717, 1.165) is 10.8 Å². The lowest BCUT2D eigenvalue weighted by molar-refractivity contribution is 0.698. The molecule has 2 rings (SSSR count). The van der Waals surface area contributed by atoms with Crippen molar-refractivity contribution in [2.75, 3.05) is 17.7 Å². The van der Waals surface area contributed by atoms with Gasteiger partial charge in [-0.05, 0) is 18.2 Å². The summed E-state index contributed by atoms with van der Waals surface area (Å²) in [5.74, 6) is 0.956. The molecule has 0 saturated carbocycles. The van der Waals surface area contributed by atoms with E-state index >= 15 is 0 Å². The molecule has 0 aromatic heterocycles. The molecule has 1 atom stereocenters. The summed E-state index contributed by atoms with van der Waals surface area (Å²) in [5.41, 5.74) is 1.18. The van der Waals surface area contributed by atoms with Gasteiger partial charge >= 0.3 is 0 Å². The van der Waals surface area contributed by atoms with Gasteiger partial charge in [0.2, 0.25) is 0 Å². The van der Waals surface area contributed by atoms with Crippen LogP contribution in [0, 0.1) is 11.3 Å². The van der Waals surface area contributed by atoms with Crippen molar-refractivity contribution >= 4 is 29.1 Å². The van der Waals surface area contributed by atoms with Crippen LogP contribution in [0.15, 0.2) is 23.1 Å². The number of anilines is 1. The van der Waals surface area contributed by atoms with Gasteiger partial charge in [0.1, 0.15) is 0 Å². The molecule has 1 aromatic rings. The smallest absolute Gasteiger partial charge is 0.0643 e. The van der Waals surface area contributed by atoms with Crippen molar-refractivity contribution in [3.05, 3.63) is 23.2 Å².